The molecule has 3 nitrogen and oxygen atoms in total. The van der Waals surface area contributed by atoms with Gasteiger partial charge in [0.25, 0.3) is 0 Å². The van der Waals surface area contributed by atoms with Gasteiger partial charge in [-0.15, -0.1) is 0 Å². The van der Waals surface area contributed by atoms with E-state index in [0.717, 1.165) is 17.4 Å². The first-order chi connectivity index (χ1) is 8.19. The van der Waals surface area contributed by atoms with Crippen molar-refractivity contribution in [2.75, 3.05) is 11.9 Å². The van der Waals surface area contributed by atoms with Gasteiger partial charge < -0.3 is 5.32 Å². The van der Waals surface area contributed by atoms with Crippen molar-refractivity contribution in [2.45, 2.75) is 19.1 Å². The normalized spacial score (nSPS) is 18.9. The van der Waals surface area contributed by atoms with Crippen molar-refractivity contribution in [1.29, 1.82) is 5.26 Å². The fraction of sp³-hybridized carbons (Fsp3) is 0.385. The van der Waals surface area contributed by atoms with Crippen LogP contribution in [0.4, 0.5) is 5.69 Å². The molecule has 88 valence electrons. The maximum Gasteiger partial charge on any atom is 0.161 e. The Labute approximate surface area is 106 Å². The molecule has 2 rings (SSSR count). The monoisotopic (exact) mass is 245 g/mol. The predicted octanol–water partition coefficient (Wildman–Crippen LogP) is 3.10. The third-order valence-corrected chi connectivity index (χ3v) is 4.14. The summed E-state index contributed by atoms with van der Waals surface area (Å²) in [6, 6.07) is 9.54. The van der Waals surface area contributed by atoms with E-state index in [1.807, 2.05) is 24.3 Å². The Bertz CT molecular complexity index is 457. The molecule has 0 aliphatic carbocycles. The van der Waals surface area contributed by atoms with Crippen molar-refractivity contribution in [1.82, 2.24) is 0 Å². The summed E-state index contributed by atoms with van der Waals surface area (Å²) in [6.07, 6.45) is 0. The highest BCUT2D eigenvalue weighted by Gasteiger charge is 2.22. The Morgan fingerprint density at radius 1 is 1.41 bits per heavy atom. The van der Waals surface area contributed by atoms with Crippen LogP contribution in [-0.2, 0) is 0 Å². The zero-order valence-electron chi connectivity index (χ0n) is 9.97. The van der Waals surface area contributed by atoms with E-state index in [0.29, 0.717) is 16.7 Å². The zero-order chi connectivity index (χ0) is 12.3. The number of aliphatic imine (C=N–C) groups is 1. The van der Waals surface area contributed by atoms with Gasteiger partial charge in [0.15, 0.2) is 5.17 Å². The van der Waals surface area contributed by atoms with E-state index in [4.69, 9.17) is 5.26 Å². The second-order valence-electron chi connectivity index (χ2n) is 4.36. The Morgan fingerprint density at radius 2 is 2.12 bits per heavy atom. The number of hydrogen-bond donors (Lipinski definition) is 1. The molecule has 1 aliphatic rings. The molecule has 1 unspecified atom stereocenters. The molecule has 0 aromatic heterocycles. The van der Waals surface area contributed by atoms with Crippen molar-refractivity contribution in [2.24, 2.45) is 10.9 Å². The maximum atomic E-state index is 8.71. The van der Waals surface area contributed by atoms with E-state index >= 15 is 0 Å². The molecule has 0 radical (unpaired) electrons. The molecule has 0 spiro atoms. The second-order valence-corrected chi connectivity index (χ2v) is 5.59. The summed E-state index contributed by atoms with van der Waals surface area (Å²) in [5, 5.41) is 13.6. The molecular formula is C13H15N3S. The van der Waals surface area contributed by atoms with Crippen LogP contribution < -0.4 is 5.32 Å². The molecule has 17 heavy (non-hydrogen) atoms. The van der Waals surface area contributed by atoms with E-state index in [1.54, 1.807) is 11.8 Å². The molecule has 1 aromatic carbocycles. The summed E-state index contributed by atoms with van der Waals surface area (Å²) in [4.78, 5) is 4.48. The molecule has 4 heteroatoms. The molecule has 0 fully saturated rings. The standard InChI is InChI=1S/C13H15N3S/c1-9(2)12-8-15-13(17-12)16-11-5-3-10(7-14)4-6-11/h3-6,9,12H,8H2,1-2H3,(H,15,16). The van der Waals surface area contributed by atoms with Gasteiger partial charge >= 0.3 is 0 Å². The quantitative estimate of drug-likeness (QED) is 0.871. The fourth-order valence-corrected chi connectivity index (χ4v) is 2.59. The Kier molecular flexibility index (Phi) is 3.70. The largest absolute Gasteiger partial charge is 0.335 e. The molecule has 0 saturated carbocycles. The molecule has 1 aromatic rings. The van der Waals surface area contributed by atoms with Crippen LogP contribution in [0.15, 0.2) is 29.3 Å². The predicted molar refractivity (Wildman–Crippen MR) is 73.3 cm³/mol. The lowest BCUT2D eigenvalue weighted by atomic mass is 10.1. The molecule has 0 bridgehead atoms. The summed E-state index contributed by atoms with van der Waals surface area (Å²) >= 11 is 1.80. The first-order valence-electron chi connectivity index (χ1n) is 5.67. The first-order valence-corrected chi connectivity index (χ1v) is 6.55. The van der Waals surface area contributed by atoms with Crippen LogP contribution in [0.5, 0.6) is 0 Å². The number of thioether (sulfide) groups is 1. The number of nitrogens with one attached hydrogen (secondary N) is 1. The van der Waals surface area contributed by atoms with Crippen LogP contribution >= 0.6 is 11.8 Å². The van der Waals surface area contributed by atoms with Gasteiger partial charge in [0.05, 0.1) is 18.2 Å². The van der Waals surface area contributed by atoms with Crippen LogP contribution in [0.1, 0.15) is 19.4 Å². The Morgan fingerprint density at radius 3 is 2.65 bits per heavy atom. The fourth-order valence-electron chi connectivity index (χ4n) is 1.56. The van der Waals surface area contributed by atoms with E-state index in [2.05, 4.69) is 30.2 Å². The van der Waals surface area contributed by atoms with Gasteiger partial charge in [0.1, 0.15) is 0 Å². The molecule has 1 N–H and O–H groups in total. The van der Waals surface area contributed by atoms with Crippen LogP contribution in [0.3, 0.4) is 0 Å². The van der Waals surface area contributed by atoms with Gasteiger partial charge in [-0.3, -0.25) is 4.99 Å². The molecule has 0 saturated heterocycles. The number of nitrogens with zero attached hydrogens (tertiary/aromatic N) is 2. The Balaban J connectivity index is 1.96. The number of rotatable bonds is 2. The van der Waals surface area contributed by atoms with E-state index in [9.17, 15) is 0 Å². The second kappa shape index (κ2) is 5.24. The Hall–Kier alpha value is -1.47. The minimum absolute atomic E-state index is 0.580. The number of nitriles is 1. The highest BCUT2D eigenvalue weighted by atomic mass is 32.2. The zero-order valence-corrected chi connectivity index (χ0v) is 10.8. The third-order valence-electron chi connectivity index (χ3n) is 2.69. The van der Waals surface area contributed by atoms with Gasteiger partial charge in [-0.2, -0.15) is 5.26 Å². The van der Waals surface area contributed by atoms with Crippen LogP contribution in [0.25, 0.3) is 0 Å². The SMILES string of the molecule is CC(C)C1CN=C(Nc2ccc(C#N)cc2)S1. The number of anilines is 1. The molecule has 1 atom stereocenters. The van der Waals surface area contributed by atoms with E-state index < -0.39 is 0 Å². The topological polar surface area (TPSA) is 48.2 Å². The average molecular weight is 245 g/mol. The van der Waals surface area contributed by atoms with Gasteiger partial charge in [-0.05, 0) is 30.2 Å². The maximum absolute atomic E-state index is 8.71. The lowest BCUT2D eigenvalue weighted by Crippen LogP contribution is -2.13. The van der Waals surface area contributed by atoms with Crippen LogP contribution in [0, 0.1) is 17.2 Å². The molecular weight excluding hydrogens is 230 g/mol. The smallest absolute Gasteiger partial charge is 0.161 e. The highest BCUT2D eigenvalue weighted by Crippen LogP contribution is 2.27. The minimum Gasteiger partial charge on any atom is -0.335 e. The van der Waals surface area contributed by atoms with Gasteiger partial charge in [0, 0.05) is 10.9 Å². The van der Waals surface area contributed by atoms with E-state index in [-0.39, 0.29) is 0 Å². The highest BCUT2D eigenvalue weighted by molar-refractivity contribution is 8.15. The van der Waals surface area contributed by atoms with Crippen molar-refractivity contribution in [3.8, 4) is 6.07 Å². The summed E-state index contributed by atoms with van der Waals surface area (Å²) in [7, 11) is 0. The van der Waals surface area contributed by atoms with Crippen molar-refractivity contribution < 1.29 is 0 Å². The van der Waals surface area contributed by atoms with Crippen molar-refractivity contribution in [3.63, 3.8) is 0 Å². The number of amidine groups is 1. The first kappa shape index (κ1) is 12.0. The van der Waals surface area contributed by atoms with Crippen LogP contribution in [-0.4, -0.2) is 17.0 Å². The van der Waals surface area contributed by atoms with Crippen LogP contribution in [0.2, 0.25) is 0 Å². The minimum atomic E-state index is 0.580. The molecule has 0 amide bonds. The summed E-state index contributed by atoms with van der Waals surface area (Å²) in [6.45, 7) is 5.33. The average Bonchev–Trinajstić information content (AvgIpc) is 2.79. The summed E-state index contributed by atoms with van der Waals surface area (Å²) < 4.78 is 0. The summed E-state index contributed by atoms with van der Waals surface area (Å²) in [5.74, 6) is 0.643. The molecule has 1 heterocycles. The van der Waals surface area contributed by atoms with Crippen molar-refractivity contribution >= 4 is 22.6 Å². The molecule has 1 aliphatic heterocycles. The lowest BCUT2D eigenvalue weighted by molar-refractivity contribution is 0.621. The summed E-state index contributed by atoms with van der Waals surface area (Å²) in [5.41, 5.74) is 1.66. The third kappa shape index (κ3) is 3.01. The van der Waals surface area contributed by atoms with Gasteiger partial charge in [0.2, 0.25) is 0 Å². The van der Waals surface area contributed by atoms with Gasteiger partial charge in [-0.25, -0.2) is 0 Å². The van der Waals surface area contributed by atoms with Crippen molar-refractivity contribution in [3.05, 3.63) is 29.8 Å². The number of benzene rings is 1. The number of hydrogen-bond acceptors (Lipinski definition) is 4. The van der Waals surface area contributed by atoms with Gasteiger partial charge in [-0.1, -0.05) is 25.6 Å². The lowest BCUT2D eigenvalue weighted by Gasteiger charge is -2.12. The van der Waals surface area contributed by atoms with E-state index in [1.165, 1.54) is 0 Å².